The molecule has 1 aromatic carbocycles. The van der Waals surface area contributed by atoms with Crippen molar-refractivity contribution in [3.8, 4) is 0 Å². The maximum absolute atomic E-state index is 12.4. The van der Waals surface area contributed by atoms with Crippen molar-refractivity contribution in [2.45, 2.75) is 70.9 Å². The minimum Gasteiger partial charge on any atom is -0.392 e. The summed E-state index contributed by atoms with van der Waals surface area (Å²) in [7, 11) is 0. The summed E-state index contributed by atoms with van der Waals surface area (Å²) in [6.45, 7) is 9.93. The minimum absolute atomic E-state index is 0.00000854. The van der Waals surface area contributed by atoms with Gasteiger partial charge in [0.05, 0.1) is 6.10 Å². The van der Waals surface area contributed by atoms with Gasteiger partial charge in [-0.05, 0) is 69.5 Å². The fourth-order valence-corrected chi connectivity index (χ4v) is 6.28. The van der Waals surface area contributed by atoms with Crippen LogP contribution in [-0.4, -0.2) is 99.1 Å². The second kappa shape index (κ2) is 14.3. The number of benzene rings is 1. The SMILES string of the molecule is CC[C@H]1CN(c2nc(N)c(C(=O)NC[C@@H](C)O)nc2Cl)CCN1C1CCN(Cc2ccc(Cl)cc2[C@@H](O)C(C)=O)CC1. The average molecular weight is 623 g/mol. The maximum Gasteiger partial charge on any atom is 0.273 e. The number of hydrogen-bond acceptors (Lipinski definition) is 10. The van der Waals surface area contributed by atoms with Crippen LogP contribution in [0.2, 0.25) is 10.2 Å². The molecular weight excluding hydrogens is 581 g/mol. The smallest absolute Gasteiger partial charge is 0.273 e. The van der Waals surface area contributed by atoms with Crippen LogP contribution in [0, 0.1) is 0 Å². The van der Waals surface area contributed by atoms with Gasteiger partial charge in [0.2, 0.25) is 0 Å². The first kappa shape index (κ1) is 32.4. The molecule has 0 saturated carbocycles. The lowest BCUT2D eigenvalue weighted by atomic mass is 9.96. The van der Waals surface area contributed by atoms with Crippen LogP contribution in [0.4, 0.5) is 11.6 Å². The van der Waals surface area contributed by atoms with Gasteiger partial charge < -0.3 is 26.2 Å². The van der Waals surface area contributed by atoms with E-state index in [2.05, 4.69) is 36.9 Å². The Labute approximate surface area is 257 Å². The monoisotopic (exact) mass is 621 g/mol. The summed E-state index contributed by atoms with van der Waals surface area (Å²) >= 11 is 12.7. The first-order valence-corrected chi connectivity index (χ1v) is 15.2. The quantitative estimate of drug-likeness (QED) is 0.312. The minimum atomic E-state index is -1.17. The maximum atomic E-state index is 12.4. The van der Waals surface area contributed by atoms with Crippen LogP contribution in [0.25, 0.3) is 0 Å². The third-order valence-corrected chi connectivity index (χ3v) is 8.63. The molecule has 0 bridgehead atoms. The number of ketones is 1. The van der Waals surface area contributed by atoms with Gasteiger partial charge in [-0.25, -0.2) is 9.97 Å². The van der Waals surface area contributed by atoms with Crippen molar-refractivity contribution < 1.29 is 19.8 Å². The van der Waals surface area contributed by atoms with Crippen LogP contribution in [0.3, 0.4) is 0 Å². The zero-order valence-electron chi connectivity index (χ0n) is 24.4. The Bertz CT molecular complexity index is 1270. The molecule has 2 aliphatic rings. The fourth-order valence-electron chi connectivity index (χ4n) is 5.85. The van der Waals surface area contributed by atoms with Crippen LogP contribution < -0.4 is 16.0 Å². The van der Waals surface area contributed by atoms with Gasteiger partial charge in [0.1, 0.15) is 6.10 Å². The summed E-state index contributed by atoms with van der Waals surface area (Å²) in [4.78, 5) is 40.0. The third-order valence-electron chi connectivity index (χ3n) is 8.14. The molecule has 4 rings (SSSR count). The van der Waals surface area contributed by atoms with Gasteiger partial charge >= 0.3 is 0 Å². The van der Waals surface area contributed by atoms with E-state index in [1.54, 1.807) is 19.1 Å². The van der Waals surface area contributed by atoms with Crippen molar-refractivity contribution >= 4 is 46.5 Å². The van der Waals surface area contributed by atoms with Crippen LogP contribution in [0.5, 0.6) is 0 Å². The lowest BCUT2D eigenvalue weighted by Gasteiger charge is -2.47. The summed E-state index contributed by atoms with van der Waals surface area (Å²) in [6, 6.07) is 6.11. The first-order valence-electron chi connectivity index (χ1n) is 14.5. The van der Waals surface area contributed by atoms with Gasteiger partial charge in [0.15, 0.2) is 28.3 Å². The number of carbonyl (C=O) groups is 2. The van der Waals surface area contributed by atoms with Crippen LogP contribution in [0.1, 0.15) is 67.8 Å². The zero-order chi connectivity index (χ0) is 30.6. The number of nitrogen functional groups attached to an aromatic ring is 1. The van der Waals surface area contributed by atoms with E-state index in [-0.39, 0.29) is 35.0 Å². The van der Waals surface area contributed by atoms with Gasteiger partial charge in [-0.15, -0.1) is 0 Å². The molecule has 0 radical (unpaired) electrons. The Morgan fingerprint density at radius 2 is 1.86 bits per heavy atom. The molecule has 2 aromatic rings. The van der Waals surface area contributed by atoms with E-state index in [0.29, 0.717) is 35.5 Å². The van der Waals surface area contributed by atoms with Gasteiger partial charge in [-0.3, -0.25) is 19.4 Å². The molecule has 1 aromatic heterocycles. The molecule has 2 fully saturated rings. The number of piperidine rings is 1. The summed E-state index contributed by atoms with van der Waals surface area (Å²) in [5, 5.41) is 23.1. The Morgan fingerprint density at radius 3 is 2.50 bits per heavy atom. The number of aliphatic hydroxyl groups excluding tert-OH is 2. The normalized spacial score (nSPS) is 20.4. The average Bonchev–Trinajstić information content (AvgIpc) is 2.97. The van der Waals surface area contributed by atoms with Crippen molar-refractivity contribution in [3.05, 3.63) is 45.2 Å². The zero-order valence-corrected chi connectivity index (χ0v) is 25.9. The number of carbonyl (C=O) groups excluding carboxylic acids is 2. The number of hydrogen-bond donors (Lipinski definition) is 4. The number of nitrogens with two attached hydrogens (primary N) is 1. The van der Waals surface area contributed by atoms with E-state index in [4.69, 9.17) is 28.9 Å². The molecule has 42 heavy (non-hydrogen) atoms. The van der Waals surface area contributed by atoms with E-state index < -0.39 is 18.1 Å². The van der Waals surface area contributed by atoms with Crippen LogP contribution in [-0.2, 0) is 11.3 Å². The third kappa shape index (κ3) is 7.69. The molecule has 230 valence electrons. The first-order chi connectivity index (χ1) is 20.0. The topological polar surface area (TPSA) is 148 Å². The van der Waals surface area contributed by atoms with E-state index >= 15 is 0 Å². The van der Waals surface area contributed by atoms with E-state index in [0.717, 1.165) is 51.0 Å². The van der Waals surface area contributed by atoms with E-state index in [1.807, 2.05) is 6.07 Å². The predicted octanol–water partition coefficient (Wildman–Crippen LogP) is 2.66. The Hall–Kier alpha value is -2.54. The summed E-state index contributed by atoms with van der Waals surface area (Å²) in [6.07, 6.45) is 1.11. The standard InChI is InChI=1S/C29H41Cl2N7O4/c1-4-21-16-37(28-26(31)34-24(27(32)35-28)29(42)33-14-17(2)39)11-12-38(21)22-7-9-36(10-8-22)15-19-5-6-20(30)13-23(19)25(41)18(3)40/h5-6,13,17,21-22,25,39,41H,4,7-12,14-16H2,1-3H3,(H2,32,35)(H,33,42)/t17-,21+,25+/m1/s1. The highest BCUT2D eigenvalue weighted by Crippen LogP contribution is 2.31. The van der Waals surface area contributed by atoms with Crippen molar-refractivity contribution in [1.82, 2.24) is 25.1 Å². The molecule has 3 heterocycles. The number of nitrogens with zero attached hydrogens (tertiary/aromatic N) is 5. The fraction of sp³-hybridized carbons (Fsp3) is 0.586. The number of rotatable bonds is 10. The Kier molecular flexibility index (Phi) is 11.0. The molecule has 3 atom stereocenters. The highest BCUT2D eigenvalue weighted by atomic mass is 35.5. The van der Waals surface area contributed by atoms with Crippen molar-refractivity contribution in [1.29, 1.82) is 0 Å². The number of aromatic nitrogens is 2. The molecule has 2 saturated heterocycles. The number of Topliss-reactive ketones (excluding diaryl/α,β-unsaturated/α-hetero) is 1. The number of halogens is 2. The molecule has 0 spiro atoms. The van der Waals surface area contributed by atoms with Crippen molar-refractivity contribution in [2.75, 3.05) is 49.9 Å². The molecule has 0 aliphatic carbocycles. The number of nitrogens with one attached hydrogen (secondary N) is 1. The van der Waals surface area contributed by atoms with Gasteiger partial charge in [-0.2, -0.15) is 0 Å². The van der Waals surface area contributed by atoms with E-state index in [9.17, 15) is 19.8 Å². The molecule has 0 unspecified atom stereocenters. The summed E-state index contributed by atoms with van der Waals surface area (Å²) in [5.74, 6) is -0.356. The Balaban J connectivity index is 1.37. The lowest BCUT2D eigenvalue weighted by molar-refractivity contribution is -0.125. The number of amides is 1. The molecule has 1 amide bonds. The van der Waals surface area contributed by atoms with E-state index in [1.165, 1.54) is 6.92 Å². The van der Waals surface area contributed by atoms with Crippen molar-refractivity contribution in [3.63, 3.8) is 0 Å². The number of anilines is 2. The second-order valence-electron chi connectivity index (χ2n) is 11.2. The lowest BCUT2D eigenvalue weighted by Crippen LogP contribution is -2.58. The number of likely N-dealkylation sites (tertiary alicyclic amines) is 1. The highest BCUT2D eigenvalue weighted by Gasteiger charge is 2.35. The summed E-state index contributed by atoms with van der Waals surface area (Å²) in [5.41, 5.74) is 7.54. The number of piperazine rings is 1. The molecule has 11 nitrogen and oxygen atoms in total. The molecule has 13 heteroatoms. The predicted molar refractivity (Wildman–Crippen MR) is 164 cm³/mol. The highest BCUT2D eigenvalue weighted by molar-refractivity contribution is 6.32. The van der Waals surface area contributed by atoms with Gasteiger partial charge in [-0.1, -0.05) is 36.2 Å². The van der Waals surface area contributed by atoms with Crippen molar-refractivity contribution in [2.24, 2.45) is 0 Å². The van der Waals surface area contributed by atoms with Crippen LogP contribution in [0.15, 0.2) is 18.2 Å². The molecule has 2 aliphatic heterocycles. The summed E-state index contributed by atoms with van der Waals surface area (Å²) < 4.78 is 0. The van der Waals surface area contributed by atoms with Gasteiger partial charge in [0.25, 0.3) is 5.91 Å². The molecular formula is C29H41Cl2N7O4. The largest absolute Gasteiger partial charge is 0.392 e. The molecule has 5 N–H and O–H groups in total. The second-order valence-corrected chi connectivity index (χ2v) is 12.0. The Morgan fingerprint density at radius 1 is 1.14 bits per heavy atom. The van der Waals surface area contributed by atoms with Gasteiger partial charge in [0, 0.05) is 49.8 Å². The number of aliphatic hydroxyl groups is 2. The van der Waals surface area contributed by atoms with Crippen LogP contribution >= 0.6 is 23.2 Å².